The first kappa shape index (κ1) is 15.4. The van der Waals surface area contributed by atoms with E-state index < -0.39 is 27.1 Å². The lowest BCUT2D eigenvalue weighted by atomic mass is 10.0. The third-order valence-electron chi connectivity index (χ3n) is 2.16. The monoisotopic (exact) mass is 287 g/mol. The molecule has 0 radical (unpaired) electrons. The number of rotatable bonds is 4. The topological polar surface area (TPSA) is 96.0 Å². The zero-order chi connectivity index (χ0) is 14.8. The van der Waals surface area contributed by atoms with E-state index in [0.29, 0.717) is 0 Å². The fourth-order valence-electron chi connectivity index (χ4n) is 1.60. The van der Waals surface area contributed by atoms with Crippen LogP contribution in [0.5, 0.6) is 0 Å². The zero-order valence-electron chi connectivity index (χ0n) is 11.1. The largest absolute Gasteiger partial charge is 0.384 e. The molecule has 0 aliphatic rings. The molecule has 1 aromatic carbocycles. The predicted molar refractivity (Wildman–Crippen MR) is 74.3 cm³/mol. The van der Waals surface area contributed by atoms with Crippen molar-refractivity contribution in [1.82, 2.24) is 0 Å². The van der Waals surface area contributed by atoms with Crippen molar-refractivity contribution in [2.45, 2.75) is 20.8 Å². The van der Waals surface area contributed by atoms with Crippen LogP contribution in [0.25, 0.3) is 0 Å². The van der Waals surface area contributed by atoms with Gasteiger partial charge >= 0.3 is 0 Å². The molecule has 1 aromatic rings. The molecule has 0 amide bonds. The van der Waals surface area contributed by atoms with E-state index in [-0.39, 0.29) is 17.0 Å². The summed E-state index contributed by atoms with van der Waals surface area (Å²) in [5.41, 5.74) is 5.03. The Morgan fingerprint density at radius 1 is 1.42 bits per heavy atom. The van der Waals surface area contributed by atoms with Crippen LogP contribution in [0.4, 0.5) is 10.1 Å². The number of halogens is 1. The van der Waals surface area contributed by atoms with Crippen LogP contribution < -0.4 is 10.5 Å². The lowest BCUT2D eigenvalue weighted by molar-refractivity contribution is 0.463. The SMILES string of the molecule is CC(C)(C)CS(=O)(=O)Nc1ccc(F)cc1C(=N)N. The van der Waals surface area contributed by atoms with Gasteiger partial charge in [-0.1, -0.05) is 20.8 Å². The molecule has 19 heavy (non-hydrogen) atoms. The summed E-state index contributed by atoms with van der Waals surface area (Å²) in [5.74, 6) is -1.06. The lowest BCUT2D eigenvalue weighted by Gasteiger charge is -2.19. The molecule has 0 fully saturated rings. The quantitative estimate of drug-likeness (QED) is 0.583. The van der Waals surface area contributed by atoms with Crippen molar-refractivity contribution < 1.29 is 12.8 Å². The smallest absolute Gasteiger partial charge is 0.233 e. The van der Waals surface area contributed by atoms with E-state index in [9.17, 15) is 12.8 Å². The molecule has 0 unspecified atom stereocenters. The van der Waals surface area contributed by atoms with Gasteiger partial charge in [-0.3, -0.25) is 10.1 Å². The average Bonchev–Trinajstić information content (AvgIpc) is 2.16. The van der Waals surface area contributed by atoms with Crippen molar-refractivity contribution in [2.24, 2.45) is 11.1 Å². The zero-order valence-corrected chi connectivity index (χ0v) is 11.9. The molecule has 0 aliphatic carbocycles. The number of nitrogens with two attached hydrogens (primary N) is 1. The number of sulfonamides is 1. The van der Waals surface area contributed by atoms with Gasteiger partial charge < -0.3 is 5.73 Å². The molecule has 1 rings (SSSR count). The van der Waals surface area contributed by atoms with Crippen LogP contribution in [-0.4, -0.2) is 20.0 Å². The van der Waals surface area contributed by atoms with E-state index in [2.05, 4.69) is 4.72 Å². The van der Waals surface area contributed by atoms with Gasteiger partial charge in [-0.15, -0.1) is 0 Å². The van der Waals surface area contributed by atoms with Crippen LogP contribution >= 0.6 is 0 Å². The predicted octanol–water partition coefficient (Wildman–Crippen LogP) is 1.90. The Morgan fingerprint density at radius 3 is 2.47 bits per heavy atom. The second-order valence-electron chi connectivity index (χ2n) is 5.53. The van der Waals surface area contributed by atoms with Crippen LogP contribution in [0.15, 0.2) is 18.2 Å². The molecule has 5 nitrogen and oxygen atoms in total. The van der Waals surface area contributed by atoms with Crippen LogP contribution in [0.1, 0.15) is 26.3 Å². The highest BCUT2D eigenvalue weighted by atomic mass is 32.2. The van der Waals surface area contributed by atoms with Crippen molar-refractivity contribution in [3.05, 3.63) is 29.6 Å². The fraction of sp³-hybridized carbons (Fsp3) is 0.417. The summed E-state index contributed by atoms with van der Waals surface area (Å²) in [7, 11) is -3.59. The molecule has 0 heterocycles. The summed E-state index contributed by atoms with van der Waals surface area (Å²) in [6, 6.07) is 3.39. The second kappa shape index (κ2) is 5.16. The first-order valence-electron chi connectivity index (χ1n) is 5.65. The molecule has 0 aromatic heterocycles. The van der Waals surface area contributed by atoms with E-state index in [1.165, 1.54) is 6.07 Å². The van der Waals surface area contributed by atoms with Crippen LogP contribution in [0, 0.1) is 16.6 Å². The van der Waals surface area contributed by atoms with Crippen molar-refractivity contribution in [3.8, 4) is 0 Å². The Balaban J connectivity index is 3.10. The van der Waals surface area contributed by atoms with Crippen LogP contribution in [-0.2, 0) is 10.0 Å². The molecular weight excluding hydrogens is 269 g/mol. The maximum Gasteiger partial charge on any atom is 0.233 e. The van der Waals surface area contributed by atoms with Gasteiger partial charge in [-0.25, -0.2) is 12.8 Å². The van der Waals surface area contributed by atoms with E-state index in [4.69, 9.17) is 11.1 Å². The number of anilines is 1. The van der Waals surface area contributed by atoms with Crippen LogP contribution in [0.3, 0.4) is 0 Å². The molecular formula is C12H18FN3O2S. The molecule has 0 saturated heterocycles. The Hall–Kier alpha value is -1.63. The Morgan fingerprint density at radius 2 is 2.00 bits per heavy atom. The Labute approximate surface area is 112 Å². The number of benzene rings is 1. The first-order chi connectivity index (χ1) is 8.50. The van der Waals surface area contributed by atoms with Gasteiger partial charge in [-0.05, 0) is 23.6 Å². The molecule has 0 bridgehead atoms. The molecule has 0 atom stereocenters. The van der Waals surface area contributed by atoms with Gasteiger partial charge in [0, 0.05) is 5.56 Å². The molecule has 4 N–H and O–H groups in total. The highest BCUT2D eigenvalue weighted by Crippen LogP contribution is 2.21. The van der Waals surface area contributed by atoms with E-state index in [1.54, 1.807) is 20.8 Å². The summed E-state index contributed by atoms with van der Waals surface area (Å²) in [6.07, 6.45) is 0. The molecule has 0 spiro atoms. The third-order valence-corrected chi connectivity index (χ3v) is 3.94. The minimum atomic E-state index is -3.59. The number of hydrogen-bond donors (Lipinski definition) is 3. The summed E-state index contributed by atoms with van der Waals surface area (Å²) in [5, 5.41) is 7.34. The minimum absolute atomic E-state index is 0.0254. The lowest BCUT2D eigenvalue weighted by Crippen LogP contribution is -2.27. The summed E-state index contributed by atoms with van der Waals surface area (Å²) >= 11 is 0. The van der Waals surface area contributed by atoms with Crippen molar-refractivity contribution in [2.75, 3.05) is 10.5 Å². The van der Waals surface area contributed by atoms with Gasteiger partial charge in [0.2, 0.25) is 10.0 Å². The molecule has 106 valence electrons. The van der Waals surface area contributed by atoms with E-state index in [1.807, 2.05) is 0 Å². The number of nitrogens with one attached hydrogen (secondary N) is 2. The van der Waals surface area contributed by atoms with Gasteiger partial charge in [0.25, 0.3) is 0 Å². The van der Waals surface area contributed by atoms with Gasteiger partial charge in [0.05, 0.1) is 11.4 Å². The van der Waals surface area contributed by atoms with Gasteiger partial charge in [-0.2, -0.15) is 0 Å². The van der Waals surface area contributed by atoms with Crippen molar-refractivity contribution in [3.63, 3.8) is 0 Å². The summed E-state index contributed by atoms with van der Waals surface area (Å²) in [4.78, 5) is 0. The Bertz CT molecular complexity index is 591. The van der Waals surface area contributed by atoms with Gasteiger partial charge in [0.1, 0.15) is 11.7 Å². The van der Waals surface area contributed by atoms with E-state index >= 15 is 0 Å². The molecule has 0 aliphatic heterocycles. The van der Waals surface area contributed by atoms with E-state index in [0.717, 1.165) is 12.1 Å². The highest BCUT2D eigenvalue weighted by Gasteiger charge is 2.22. The van der Waals surface area contributed by atoms with Crippen LogP contribution in [0.2, 0.25) is 0 Å². The summed E-state index contributed by atoms with van der Waals surface area (Å²) in [6.45, 7) is 5.38. The average molecular weight is 287 g/mol. The number of hydrogen-bond acceptors (Lipinski definition) is 3. The molecule has 7 heteroatoms. The Kier molecular flexibility index (Phi) is 4.19. The molecule has 0 saturated carbocycles. The van der Waals surface area contributed by atoms with Gasteiger partial charge in [0.15, 0.2) is 0 Å². The normalized spacial score (nSPS) is 12.2. The number of amidine groups is 1. The van der Waals surface area contributed by atoms with Crippen molar-refractivity contribution in [1.29, 1.82) is 5.41 Å². The number of nitrogen functional groups attached to an aromatic ring is 1. The minimum Gasteiger partial charge on any atom is -0.384 e. The van der Waals surface area contributed by atoms with Crippen molar-refractivity contribution >= 4 is 21.5 Å². The first-order valence-corrected chi connectivity index (χ1v) is 7.30. The maximum atomic E-state index is 13.1. The standard InChI is InChI=1S/C12H18FN3O2S/c1-12(2,3)7-19(17,18)16-10-5-4-8(13)6-9(10)11(14)15/h4-6,16H,7H2,1-3H3,(H3,14,15). The highest BCUT2D eigenvalue weighted by molar-refractivity contribution is 7.92. The third kappa shape index (κ3) is 4.86. The second-order valence-corrected chi connectivity index (χ2v) is 7.25. The fourth-order valence-corrected chi connectivity index (χ4v) is 3.33. The maximum absolute atomic E-state index is 13.1. The summed E-state index contributed by atoms with van der Waals surface area (Å²) < 4.78 is 39.3.